The predicted molar refractivity (Wildman–Crippen MR) is 132 cm³/mol. The second-order valence-electron chi connectivity index (χ2n) is 6.87. The van der Waals surface area contributed by atoms with Crippen LogP contribution in [0.15, 0.2) is 99.7 Å². The molecule has 6 nitrogen and oxygen atoms in total. The van der Waals surface area contributed by atoms with Crippen LogP contribution in [0.4, 0.5) is 0 Å². The molecule has 0 spiro atoms. The average Bonchev–Trinajstić information content (AvgIpc) is 3.26. The fraction of sp³-hybridized carbons (Fsp3) is 0.0833. The van der Waals surface area contributed by atoms with Crippen molar-refractivity contribution < 1.29 is 4.79 Å². The number of amides is 1. The van der Waals surface area contributed by atoms with E-state index < -0.39 is 0 Å². The minimum absolute atomic E-state index is 0.164. The summed E-state index contributed by atoms with van der Waals surface area (Å²) in [5.41, 5.74) is 6.19. The molecule has 0 saturated carbocycles. The smallest absolute Gasteiger partial charge is 0.250 e. The van der Waals surface area contributed by atoms with Gasteiger partial charge in [0.15, 0.2) is 11.0 Å². The van der Waals surface area contributed by atoms with Gasteiger partial charge in [-0.25, -0.2) is 5.43 Å². The molecule has 0 radical (unpaired) electrons. The van der Waals surface area contributed by atoms with E-state index in [1.165, 1.54) is 11.8 Å². The van der Waals surface area contributed by atoms with Crippen LogP contribution < -0.4 is 5.43 Å². The van der Waals surface area contributed by atoms with Crippen molar-refractivity contribution in [3.63, 3.8) is 0 Å². The summed E-state index contributed by atoms with van der Waals surface area (Å²) in [6.07, 6.45) is 0. The summed E-state index contributed by atoms with van der Waals surface area (Å²) in [7, 11) is 0. The third-order valence-corrected chi connectivity index (χ3v) is 6.08. The van der Waals surface area contributed by atoms with Crippen LogP contribution in [0.3, 0.4) is 0 Å². The van der Waals surface area contributed by atoms with Crippen molar-refractivity contribution in [1.82, 2.24) is 20.2 Å². The van der Waals surface area contributed by atoms with Crippen molar-refractivity contribution in [3.8, 4) is 17.1 Å². The van der Waals surface area contributed by atoms with E-state index in [9.17, 15) is 4.79 Å². The zero-order valence-corrected chi connectivity index (χ0v) is 19.7. The molecule has 1 heterocycles. The molecule has 32 heavy (non-hydrogen) atoms. The lowest BCUT2D eigenvalue weighted by molar-refractivity contribution is -0.118. The van der Waals surface area contributed by atoms with Crippen LogP contribution in [0.1, 0.15) is 12.5 Å². The van der Waals surface area contributed by atoms with E-state index in [1.807, 2.05) is 96.4 Å². The van der Waals surface area contributed by atoms with E-state index in [1.54, 1.807) is 0 Å². The maximum atomic E-state index is 12.4. The van der Waals surface area contributed by atoms with Crippen molar-refractivity contribution >= 4 is 39.3 Å². The van der Waals surface area contributed by atoms with Crippen LogP contribution >= 0.6 is 27.7 Å². The number of nitrogens with one attached hydrogen (secondary N) is 1. The van der Waals surface area contributed by atoms with Gasteiger partial charge < -0.3 is 0 Å². The van der Waals surface area contributed by atoms with Crippen molar-refractivity contribution in [2.75, 3.05) is 5.75 Å². The maximum Gasteiger partial charge on any atom is 0.250 e. The van der Waals surface area contributed by atoms with Gasteiger partial charge in [-0.05, 0) is 36.8 Å². The summed E-state index contributed by atoms with van der Waals surface area (Å²) in [5, 5.41) is 13.6. The molecule has 1 N–H and O–H groups in total. The molecular weight excluding hydrogens is 486 g/mol. The van der Waals surface area contributed by atoms with Crippen molar-refractivity contribution in [1.29, 1.82) is 0 Å². The first-order valence-corrected chi connectivity index (χ1v) is 11.7. The SMILES string of the molecule is CC(=NNC(=O)CSc1nnc(-c2ccc(Br)cc2)n1-c1ccccc1)c1ccccc1. The molecule has 4 rings (SSSR count). The molecule has 0 atom stereocenters. The average molecular weight is 506 g/mol. The minimum atomic E-state index is -0.210. The third kappa shape index (κ3) is 5.33. The normalized spacial score (nSPS) is 11.4. The number of thioether (sulfide) groups is 1. The van der Waals surface area contributed by atoms with E-state index in [4.69, 9.17) is 0 Å². The molecule has 8 heteroatoms. The number of benzene rings is 3. The Hall–Kier alpha value is -3.23. The summed E-state index contributed by atoms with van der Waals surface area (Å²) < 4.78 is 2.95. The van der Waals surface area contributed by atoms with E-state index in [0.29, 0.717) is 11.0 Å². The van der Waals surface area contributed by atoms with Crippen molar-refractivity contribution in [2.45, 2.75) is 12.1 Å². The monoisotopic (exact) mass is 505 g/mol. The Kier molecular flexibility index (Phi) is 7.14. The van der Waals surface area contributed by atoms with E-state index in [-0.39, 0.29) is 11.7 Å². The number of nitrogens with zero attached hydrogens (tertiary/aromatic N) is 4. The number of hydrogen-bond acceptors (Lipinski definition) is 5. The van der Waals surface area contributed by atoms with Crippen molar-refractivity contribution in [2.24, 2.45) is 5.10 Å². The first kappa shape index (κ1) is 22.0. The van der Waals surface area contributed by atoms with Crippen LogP contribution in [0.2, 0.25) is 0 Å². The molecule has 0 unspecified atom stereocenters. The zero-order valence-electron chi connectivity index (χ0n) is 17.3. The Bertz CT molecular complexity index is 1220. The highest BCUT2D eigenvalue weighted by atomic mass is 79.9. The fourth-order valence-corrected chi connectivity index (χ4v) is 4.02. The number of rotatable bonds is 7. The molecule has 4 aromatic rings. The second kappa shape index (κ2) is 10.4. The van der Waals surface area contributed by atoms with Crippen LogP contribution in [0, 0.1) is 0 Å². The van der Waals surface area contributed by atoms with E-state index in [0.717, 1.165) is 27.0 Å². The Morgan fingerprint density at radius 3 is 2.31 bits per heavy atom. The van der Waals surface area contributed by atoms with E-state index >= 15 is 0 Å². The first-order chi connectivity index (χ1) is 15.6. The van der Waals surface area contributed by atoms with Gasteiger partial charge in [0.25, 0.3) is 5.91 Å². The Morgan fingerprint density at radius 2 is 1.62 bits per heavy atom. The summed E-state index contributed by atoms with van der Waals surface area (Å²) >= 11 is 4.78. The Balaban J connectivity index is 1.52. The summed E-state index contributed by atoms with van der Waals surface area (Å²) in [4.78, 5) is 12.4. The molecule has 0 saturated heterocycles. The predicted octanol–water partition coefficient (Wildman–Crippen LogP) is 5.33. The molecule has 0 fully saturated rings. The van der Waals surface area contributed by atoms with Gasteiger partial charge in [-0.3, -0.25) is 9.36 Å². The highest BCUT2D eigenvalue weighted by Crippen LogP contribution is 2.28. The van der Waals surface area contributed by atoms with E-state index in [2.05, 4.69) is 36.7 Å². The molecule has 0 aliphatic carbocycles. The third-order valence-electron chi connectivity index (χ3n) is 4.62. The highest BCUT2D eigenvalue weighted by Gasteiger charge is 2.17. The lowest BCUT2D eigenvalue weighted by Crippen LogP contribution is -2.21. The van der Waals surface area contributed by atoms with Gasteiger partial charge in [0, 0.05) is 15.7 Å². The number of carbonyl (C=O) groups excluding carboxylic acids is 1. The molecule has 1 amide bonds. The maximum absolute atomic E-state index is 12.4. The molecule has 160 valence electrons. The van der Waals surface area contributed by atoms with Gasteiger partial charge in [0.1, 0.15) is 0 Å². The highest BCUT2D eigenvalue weighted by molar-refractivity contribution is 9.10. The van der Waals surface area contributed by atoms with Gasteiger partial charge in [0.2, 0.25) is 0 Å². The van der Waals surface area contributed by atoms with Crippen molar-refractivity contribution in [3.05, 3.63) is 95.0 Å². The molecule has 0 bridgehead atoms. The summed E-state index contributed by atoms with van der Waals surface area (Å²) in [5.74, 6) is 0.666. The largest absolute Gasteiger partial charge is 0.272 e. The topological polar surface area (TPSA) is 72.2 Å². The van der Waals surface area contributed by atoms with Crippen LogP contribution in [0.5, 0.6) is 0 Å². The van der Waals surface area contributed by atoms with Gasteiger partial charge in [-0.2, -0.15) is 5.10 Å². The van der Waals surface area contributed by atoms with Gasteiger partial charge in [-0.15, -0.1) is 10.2 Å². The number of hydrogen-bond donors (Lipinski definition) is 1. The Morgan fingerprint density at radius 1 is 0.969 bits per heavy atom. The summed E-state index contributed by atoms with van der Waals surface area (Å²) in [6, 6.07) is 27.5. The molecule has 0 aliphatic heterocycles. The minimum Gasteiger partial charge on any atom is -0.272 e. The number of carbonyl (C=O) groups is 1. The number of para-hydroxylation sites is 1. The number of aromatic nitrogens is 3. The van der Waals surface area contributed by atoms with Gasteiger partial charge in [0.05, 0.1) is 11.5 Å². The zero-order chi connectivity index (χ0) is 22.3. The quantitative estimate of drug-likeness (QED) is 0.209. The number of hydrazone groups is 1. The second-order valence-corrected chi connectivity index (χ2v) is 8.73. The van der Waals surface area contributed by atoms with Crippen LogP contribution in [0.25, 0.3) is 17.1 Å². The molecule has 1 aromatic heterocycles. The molecular formula is C24H20BrN5OS. The Labute approximate surface area is 198 Å². The fourth-order valence-electron chi connectivity index (χ4n) is 3.01. The lowest BCUT2D eigenvalue weighted by atomic mass is 10.1. The first-order valence-electron chi connectivity index (χ1n) is 9.90. The summed E-state index contributed by atoms with van der Waals surface area (Å²) in [6.45, 7) is 1.86. The van der Waals surface area contributed by atoms with Crippen LogP contribution in [-0.2, 0) is 4.79 Å². The molecule has 0 aliphatic rings. The molecule has 3 aromatic carbocycles. The number of halogens is 1. The van der Waals surface area contributed by atoms with Gasteiger partial charge >= 0.3 is 0 Å². The standard InChI is InChI=1S/C24H20BrN5OS/c1-17(18-8-4-2-5-9-18)26-27-22(31)16-32-24-29-28-23(19-12-14-20(25)15-13-19)30(24)21-10-6-3-7-11-21/h2-15H,16H2,1H3,(H,27,31). The van der Waals surface area contributed by atoms with Crippen LogP contribution in [-0.4, -0.2) is 32.1 Å². The van der Waals surface area contributed by atoms with Gasteiger partial charge in [-0.1, -0.05) is 88.4 Å². The lowest BCUT2D eigenvalue weighted by Gasteiger charge is -2.10.